The lowest BCUT2D eigenvalue weighted by Crippen LogP contribution is -2.47. The minimum absolute atomic E-state index is 0.0120. The maximum Gasteiger partial charge on any atom is 0.225 e. The van der Waals surface area contributed by atoms with E-state index in [1.807, 2.05) is 0 Å². The zero-order valence-electron chi connectivity index (χ0n) is 12.3. The van der Waals surface area contributed by atoms with Crippen molar-refractivity contribution in [3.8, 4) is 0 Å². The number of hydrogen-bond acceptors (Lipinski definition) is 1. The smallest absolute Gasteiger partial charge is 0.225 e. The van der Waals surface area contributed by atoms with Gasteiger partial charge in [0.1, 0.15) is 5.82 Å². The topological polar surface area (TPSA) is 29.1 Å². The fourth-order valence-corrected chi connectivity index (χ4v) is 5.60. The third-order valence-electron chi connectivity index (χ3n) is 5.85. The van der Waals surface area contributed by atoms with Crippen LogP contribution in [0.25, 0.3) is 0 Å². The number of halogens is 1. The highest BCUT2D eigenvalue weighted by Crippen LogP contribution is 2.61. The first-order valence-electron chi connectivity index (χ1n) is 8.16. The first kappa shape index (κ1) is 13.3. The van der Waals surface area contributed by atoms with E-state index in [-0.39, 0.29) is 17.1 Å². The van der Waals surface area contributed by atoms with Crippen LogP contribution < -0.4 is 5.32 Å². The van der Waals surface area contributed by atoms with E-state index in [0.717, 1.165) is 17.8 Å². The van der Waals surface area contributed by atoms with Crippen molar-refractivity contribution in [1.82, 2.24) is 0 Å². The number of carbonyl (C=O) groups is 1. The fraction of sp³-hybridized carbons (Fsp3) is 0.611. The number of anilines is 1. The highest BCUT2D eigenvalue weighted by Gasteiger charge is 2.51. The highest BCUT2D eigenvalue weighted by atomic mass is 19.1. The molecule has 5 rings (SSSR count). The number of amides is 1. The summed E-state index contributed by atoms with van der Waals surface area (Å²) in [7, 11) is 0. The van der Waals surface area contributed by atoms with Crippen molar-refractivity contribution in [1.29, 1.82) is 0 Å². The van der Waals surface area contributed by atoms with Gasteiger partial charge in [-0.2, -0.15) is 0 Å². The van der Waals surface area contributed by atoms with Crippen molar-refractivity contribution in [2.45, 2.75) is 44.9 Å². The number of benzene rings is 1. The largest absolute Gasteiger partial charge is 0.324 e. The predicted octanol–water partition coefficient (Wildman–Crippen LogP) is 4.37. The lowest BCUT2D eigenvalue weighted by atomic mass is 9.49. The maximum atomic E-state index is 13.6. The molecule has 4 fully saturated rings. The second-order valence-corrected chi connectivity index (χ2v) is 7.62. The minimum atomic E-state index is -0.351. The molecule has 4 saturated carbocycles. The molecule has 21 heavy (non-hydrogen) atoms. The Morgan fingerprint density at radius 1 is 1.10 bits per heavy atom. The summed E-state index contributed by atoms with van der Waals surface area (Å²) in [6.45, 7) is 0. The zero-order valence-corrected chi connectivity index (χ0v) is 12.3. The Hall–Kier alpha value is -1.38. The first-order chi connectivity index (χ1) is 10.1. The second-order valence-electron chi connectivity index (χ2n) is 7.62. The summed E-state index contributed by atoms with van der Waals surface area (Å²) < 4.78 is 13.6. The number of rotatable bonds is 3. The van der Waals surface area contributed by atoms with E-state index in [0.29, 0.717) is 12.1 Å². The van der Waals surface area contributed by atoms with Crippen molar-refractivity contribution < 1.29 is 9.18 Å². The van der Waals surface area contributed by atoms with Crippen LogP contribution in [-0.2, 0) is 4.79 Å². The van der Waals surface area contributed by atoms with Crippen LogP contribution >= 0.6 is 0 Å². The zero-order chi connectivity index (χ0) is 14.4. The van der Waals surface area contributed by atoms with Crippen LogP contribution in [0.5, 0.6) is 0 Å². The van der Waals surface area contributed by atoms with Crippen molar-refractivity contribution in [2.24, 2.45) is 23.2 Å². The van der Waals surface area contributed by atoms with Crippen molar-refractivity contribution in [3.63, 3.8) is 0 Å². The minimum Gasteiger partial charge on any atom is -0.324 e. The lowest BCUT2D eigenvalue weighted by Gasteiger charge is -2.56. The van der Waals surface area contributed by atoms with Crippen LogP contribution in [0.4, 0.5) is 10.1 Å². The molecule has 4 aliphatic rings. The molecule has 0 atom stereocenters. The molecule has 1 N–H and O–H groups in total. The molecule has 0 aromatic heterocycles. The molecule has 0 saturated heterocycles. The summed E-state index contributed by atoms with van der Waals surface area (Å²) in [5.41, 5.74) is 0.525. The van der Waals surface area contributed by atoms with Crippen LogP contribution in [-0.4, -0.2) is 5.91 Å². The molecule has 1 amide bonds. The van der Waals surface area contributed by atoms with E-state index >= 15 is 0 Å². The second kappa shape index (κ2) is 4.82. The molecule has 0 spiro atoms. The molecule has 112 valence electrons. The third kappa shape index (κ3) is 2.47. The summed E-state index contributed by atoms with van der Waals surface area (Å²) in [5, 5.41) is 2.77. The van der Waals surface area contributed by atoms with E-state index in [2.05, 4.69) is 5.32 Å². The number of hydrogen-bond donors (Lipinski definition) is 1. The molecule has 3 heteroatoms. The molecule has 2 nitrogen and oxygen atoms in total. The molecular formula is C18H22FNO. The predicted molar refractivity (Wildman–Crippen MR) is 80.3 cm³/mol. The fourth-order valence-electron chi connectivity index (χ4n) is 5.60. The normalized spacial score (nSPS) is 36.7. The molecule has 4 bridgehead atoms. The van der Waals surface area contributed by atoms with E-state index in [4.69, 9.17) is 0 Å². The maximum absolute atomic E-state index is 13.6. The van der Waals surface area contributed by atoms with Gasteiger partial charge in [0.05, 0.1) is 5.69 Å². The number of nitrogens with one attached hydrogen (secondary N) is 1. The van der Waals surface area contributed by atoms with Crippen LogP contribution in [0, 0.1) is 29.0 Å². The SMILES string of the molecule is O=C(CC12CC3CC(CC(C3)C1)C2)Nc1ccccc1F. The monoisotopic (exact) mass is 287 g/mol. The van der Waals surface area contributed by atoms with E-state index in [1.165, 1.54) is 44.6 Å². The van der Waals surface area contributed by atoms with E-state index in [9.17, 15) is 9.18 Å². The van der Waals surface area contributed by atoms with Gasteiger partial charge in [-0.25, -0.2) is 4.39 Å². The Labute approximate surface area is 125 Å². The van der Waals surface area contributed by atoms with Crippen molar-refractivity contribution >= 4 is 11.6 Å². The molecule has 1 aromatic rings. The Morgan fingerprint density at radius 3 is 2.24 bits per heavy atom. The Kier molecular flexibility index (Phi) is 3.05. The number of carbonyl (C=O) groups excluding carboxylic acids is 1. The van der Waals surface area contributed by atoms with Gasteiger partial charge in [-0.05, 0) is 73.8 Å². The van der Waals surface area contributed by atoms with E-state index < -0.39 is 0 Å². The van der Waals surface area contributed by atoms with Crippen LogP contribution in [0.1, 0.15) is 44.9 Å². The third-order valence-corrected chi connectivity index (χ3v) is 5.85. The molecule has 0 aliphatic heterocycles. The van der Waals surface area contributed by atoms with Gasteiger partial charge in [0, 0.05) is 6.42 Å². The van der Waals surface area contributed by atoms with Gasteiger partial charge < -0.3 is 5.32 Å². The average molecular weight is 287 g/mol. The van der Waals surface area contributed by atoms with Crippen LogP contribution in [0.3, 0.4) is 0 Å². The Balaban J connectivity index is 1.46. The first-order valence-corrected chi connectivity index (χ1v) is 8.16. The molecule has 0 unspecified atom stereocenters. The van der Waals surface area contributed by atoms with Gasteiger partial charge in [-0.15, -0.1) is 0 Å². The summed E-state index contributed by atoms with van der Waals surface area (Å²) in [5.74, 6) is 2.17. The number of para-hydroxylation sites is 1. The Bertz CT molecular complexity index is 533. The van der Waals surface area contributed by atoms with Gasteiger partial charge in [0.15, 0.2) is 0 Å². The van der Waals surface area contributed by atoms with Gasteiger partial charge in [0.2, 0.25) is 5.91 Å². The molecule has 1 aromatic carbocycles. The molecule has 0 heterocycles. The van der Waals surface area contributed by atoms with Gasteiger partial charge in [-0.1, -0.05) is 12.1 Å². The summed E-state index contributed by atoms with van der Waals surface area (Å²) >= 11 is 0. The van der Waals surface area contributed by atoms with Crippen molar-refractivity contribution in [2.75, 3.05) is 5.32 Å². The van der Waals surface area contributed by atoms with Crippen LogP contribution in [0.15, 0.2) is 24.3 Å². The Morgan fingerprint density at radius 2 is 1.67 bits per heavy atom. The highest BCUT2D eigenvalue weighted by molar-refractivity contribution is 5.91. The molecule has 0 radical (unpaired) electrons. The summed E-state index contributed by atoms with van der Waals surface area (Å²) in [6.07, 6.45) is 8.36. The molecule has 4 aliphatic carbocycles. The van der Waals surface area contributed by atoms with Gasteiger partial charge >= 0.3 is 0 Å². The summed E-state index contributed by atoms with van der Waals surface area (Å²) in [4.78, 5) is 12.4. The van der Waals surface area contributed by atoms with Crippen molar-refractivity contribution in [3.05, 3.63) is 30.1 Å². The summed E-state index contributed by atoms with van der Waals surface area (Å²) in [6, 6.07) is 6.42. The van der Waals surface area contributed by atoms with Gasteiger partial charge in [0.25, 0.3) is 0 Å². The van der Waals surface area contributed by atoms with Crippen LogP contribution in [0.2, 0.25) is 0 Å². The van der Waals surface area contributed by atoms with Gasteiger partial charge in [-0.3, -0.25) is 4.79 Å². The average Bonchev–Trinajstić information content (AvgIpc) is 2.39. The molecular weight excluding hydrogens is 265 g/mol. The standard InChI is InChI=1S/C18H22FNO/c19-15-3-1-2-4-16(15)20-17(21)11-18-8-12-5-13(9-18)7-14(6-12)10-18/h1-4,12-14H,5-11H2,(H,20,21). The lowest BCUT2D eigenvalue weighted by molar-refractivity contribution is -0.124. The van der Waals surface area contributed by atoms with E-state index in [1.54, 1.807) is 18.2 Å². The quantitative estimate of drug-likeness (QED) is 0.878.